The van der Waals surface area contributed by atoms with Crippen LogP contribution in [-0.4, -0.2) is 49.8 Å². The number of hydrogen-bond acceptors (Lipinski definition) is 5. The predicted molar refractivity (Wildman–Crippen MR) is 108 cm³/mol. The molecule has 0 saturated carbocycles. The van der Waals surface area contributed by atoms with E-state index in [-0.39, 0.29) is 46.9 Å². The Morgan fingerprint density at radius 2 is 1.91 bits per heavy atom. The number of aromatic nitrogens is 4. The number of morpholine rings is 1. The van der Waals surface area contributed by atoms with Crippen LogP contribution in [-0.2, 0) is 17.5 Å². The maximum Gasteiger partial charge on any atom is 0.416 e. The first-order valence-corrected chi connectivity index (χ1v) is 10.4. The Labute approximate surface area is 193 Å². The van der Waals surface area contributed by atoms with Crippen molar-refractivity contribution >= 4 is 29.1 Å². The molecule has 7 nitrogen and oxygen atoms in total. The van der Waals surface area contributed by atoms with E-state index in [1.54, 1.807) is 4.57 Å². The van der Waals surface area contributed by atoms with Gasteiger partial charge < -0.3 is 14.2 Å². The number of carbonyl (C=O) groups excluding carboxylic acids is 1. The minimum atomic E-state index is -4.54. The van der Waals surface area contributed by atoms with Crippen molar-refractivity contribution in [2.75, 3.05) is 13.2 Å². The zero-order valence-electron chi connectivity index (χ0n) is 16.5. The summed E-state index contributed by atoms with van der Waals surface area (Å²) in [6.07, 6.45) is -3.48. The fraction of sp³-hybridized carbons (Fsp3) is 0.300. The van der Waals surface area contributed by atoms with Crippen molar-refractivity contribution in [2.24, 2.45) is 0 Å². The van der Waals surface area contributed by atoms with Gasteiger partial charge in [0.25, 0.3) is 5.91 Å². The second kappa shape index (κ2) is 7.93. The van der Waals surface area contributed by atoms with Crippen molar-refractivity contribution in [3.05, 3.63) is 63.3 Å². The molecule has 1 fully saturated rings. The van der Waals surface area contributed by atoms with E-state index in [4.69, 9.17) is 27.9 Å². The largest absolute Gasteiger partial charge is 0.416 e. The number of pyridine rings is 1. The molecule has 4 heterocycles. The van der Waals surface area contributed by atoms with Gasteiger partial charge in [-0.2, -0.15) is 13.2 Å². The van der Waals surface area contributed by atoms with Crippen molar-refractivity contribution < 1.29 is 27.1 Å². The van der Waals surface area contributed by atoms with Crippen LogP contribution >= 0.6 is 23.2 Å². The van der Waals surface area contributed by atoms with Crippen molar-refractivity contribution in [1.29, 1.82) is 0 Å². The number of rotatable bonds is 2. The van der Waals surface area contributed by atoms with Gasteiger partial charge in [0.05, 0.1) is 40.4 Å². The van der Waals surface area contributed by atoms with Crippen LogP contribution in [0.1, 0.15) is 27.8 Å². The van der Waals surface area contributed by atoms with E-state index in [0.29, 0.717) is 5.82 Å². The molecule has 1 aromatic carbocycles. The first-order chi connectivity index (χ1) is 15.7. The predicted octanol–water partition coefficient (Wildman–Crippen LogP) is 4.40. The Morgan fingerprint density at radius 1 is 1.12 bits per heavy atom. The first-order valence-electron chi connectivity index (χ1n) is 9.67. The van der Waals surface area contributed by atoms with Crippen LogP contribution in [0.5, 0.6) is 0 Å². The summed E-state index contributed by atoms with van der Waals surface area (Å²) in [6.45, 7) is 0.412. The van der Waals surface area contributed by atoms with Crippen LogP contribution in [0.15, 0.2) is 30.5 Å². The summed E-state index contributed by atoms with van der Waals surface area (Å²) in [7, 11) is 0. The number of hydrogen-bond donors (Lipinski definition) is 0. The summed E-state index contributed by atoms with van der Waals surface area (Å²) in [5.41, 5.74) is -0.827. The van der Waals surface area contributed by atoms with Crippen molar-refractivity contribution in [2.45, 2.75) is 24.8 Å². The van der Waals surface area contributed by atoms with E-state index in [1.807, 2.05) is 0 Å². The Balaban J connectivity index is 1.54. The Bertz CT molecular complexity index is 1270. The maximum absolute atomic E-state index is 13.7. The van der Waals surface area contributed by atoms with Gasteiger partial charge in [0.15, 0.2) is 11.6 Å². The normalized spacial score (nSPS) is 20.0. The van der Waals surface area contributed by atoms with Gasteiger partial charge in [0.1, 0.15) is 17.6 Å². The van der Waals surface area contributed by atoms with Crippen LogP contribution in [0.3, 0.4) is 0 Å². The smallest absolute Gasteiger partial charge is 0.377 e. The minimum absolute atomic E-state index is 0.00991. The van der Waals surface area contributed by atoms with Gasteiger partial charge in [-0.1, -0.05) is 23.2 Å². The van der Waals surface area contributed by atoms with Crippen molar-refractivity contribution in [3.63, 3.8) is 0 Å². The van der Waals surface area contributed by atoms with E-state index in [1.165, 1.54) is 11.0 Å². The molecular weight excluding hydrogens is 489 g/mol. The number of fused-ring (bicyclic) bond motifs is 4. The molecule has 2 bridgehead atoms. The third kappa shape index (κ3) is 3.64. The molecule has 5 rings (SSSR count). The number of benzene rings is 1. The molecule has 2 atom stereocenters. The number of halogens is 6. The Hall–Kier alpha value is -2.76. The molecule has 1 amide bonds. The van der Waals surface area contributed by atoms with E-state index in [9.17, 15) is 22.4 Å². The molecular formula is C20H13Cl2F4N5O2. The lowest BCUT2D eigenvalue weighted by molar-refractivity contribution is -0.137. The maximum atomic E-state index is 13.7. The van der Waals surface area contributed by atoms with Gasteiger partial charge in [-0.25, -0.2) is 4.39 Å². The highest BCUT2D eigenvalue weighted by molar-refractivity contribution is 6.44. The molecule has 2 aromatic heterocycles. The van der Waals surface area contributed by atoms with Gasteiger partial charge in [-0.05, 0) is 24.3 Å². The zero-order valence-corrected chi connectivity index (χ0v) is 18.0. The van der Waals surface area contributed by atoms with Crippen LogP contribution in [0.2, 0.25) is 10.0 Å². The van der Waals surface area contributed by atoms with Crippen molar-refractivity contribution in [1.82, 2.24) is 24.6 Å². The molecule has 172 valence electrons. The quantitative estimate of drug-likeness (QED) is 0.384. The molecule has 3 aromatic rings. The summed E-state index contributed by atoms with van der Waals surface area (Å²) in [4.78, 5) is 18.9. The summed E-state index contributed by atoms with van der Waals surface area (Å²) in [5, 5.41) is 7.61. The van der Waals surface area contributed by atoms with Crippen LogP contribution < -0.4 is 0 Å². The summed E-state index contributed by atoms with van der Waals surface area (Å²) in [6, 6.07) is 2.90. The second-order valence-electron chi connectivity index (χ2n) is 7.56. The molecule has 2 aliphatic heterocycles. The monoisotopic (exact) mass is 501 g/mol. The molecule has 33 heavy (non-hydrogen) atoms. The van der Waals surface area contributed by atoms with Crippen molar-refractivity contribution in [3.8, 4) is 11.5 Å². The lowest BCUT2D eigenvalue weighted by Crippen LogP contribution is -2.56. The third-order valence-electron chi connectivity index (χ3n) is 5.60. The number of amides is 1. The molecule has 0 spiro atoms. The Morgan fingerprint density at radius 3 is 2.67 bits per heavy atom. The van der Waals surface area contributed by atoms with Gasteiger partial charge in [0, 0.05) is 12.7 Å². The standard InChI is InChI=1S/C20H13Cl2F4N5O2/c21-15-11(1-2-12(23)16(15)22)19(32)31-10-6-30-17(28-29-18(30)14(31)8-33-7-10)13-5-9(3-4-27-13)20(24,25)26/h1-5,10,14H,6-8H2. The molecule has 0 radical (unpaired) electrons. The van der Waals surface area contributed by atoms with Crippen LogP contribution in [0.25, 0.3) is 11.5 Å². The van der Waals surface area contributed by atoms with Gasteiger partial charge in [-0.15, -0.1) is 10.2 Å². The van der Waals surface area contributed by atoms with E-state index < -0.39 is 35.5 Å². The highest BCUT2D eigenvalue weighted by atomic mass is 35.5. The van der Waals surface area contributed by atoms with Gasteiger partial charge >= 0.3 is 6.18 Å². The van der Waals surface area contributed by atoms with E-state index >= 15 is 0 Å². The molecule has 0 N–H and O–H groups in total. The summed E-state index contributed by atoms with van der Waals surface area (Å²) < 4.78 is 60.4. The average Bonchev–Trinajstić information content (AvgIpc) is 3.20. The number of carbonyl (C=O) groups is 1. The third-order valence-corrected chi connectivity index (χ3v) is 6.46. The molecule has 2 unspecified atom stereocenters. The molecule has 13 heteroatoms. The minimum Gasteiger partial charge on any atom is -0.377 e. The molecule has 0 aliphatic carbocycles. The lowest BCUT2D eigenvalue weighted by Gasteiger charge is -2.45. The van der Waals surface area contributed by atoms with E-state index in [2.05, 4.69) is 15.2 Å². The number of alkyl halides is 3. The lowest BCUT2D eigenvalue weighted by atomic mass is 10.0. The zero-order chi connectivity index (χ0) is 23.5. The Kier molecular flexibility index (Phi) is 5.30. The number of nitrogens with zero attached hydrogens (tertiary/aromatic N) is 5. The first kappa shape index (κ1) is 22.1. The van der Waals surface area contributed by atoms with E-state index in [0.717, 1.165) is 24.4 Å². The fourth-order valence-electron chi connectivity index (χ4n) is 4.08. The van der Waals surface area contributed by atoms with Gasteiger partial charge in [-0.3, -0.25) is 9.78 Å². The highest BCUT2D eigenvalue weighted by Crippen LogP contribution is 2.38. The number of ether oxygens (including phenoxy) is 1. The second-order valence-corrected chi connectivity index (χ2v) is 8.32. The van der Waals surface area contributed by atoms with Crippen LogP contribution in [0.4, 0.5) is 17.6 Å². The van der Waals surface area contributed by atoms with Crippen LogP contribution in [0, 0.1) is 5.82 Å². The topological polar surface area (TPSA) is 73.1 Å². The summed E-state index contributed by atoms with van der Waals surface area (Å²) >= 11 is 12.0. The summed E-state index contributed by atoms with van der Waals surface area (Å²) in [5.74, 6) is -0.757. The molecule has 1 saturated heterocycles. The highest BCUT2D eigenvalue weighted by Gasteiger charge is 2.44. The average molecular weight is 502 g/mol. The molecule has 2 aliphatic rings. The SMILES string of the molecule is O=C(c1ccc(F)c(Cl)c1Cl)N1C2COCC1c1nnc(-c3cc(C(F)(F)F)ccn3)n1C2. The van der Waals surface area contributed by atoms with Gasteiger partial charge in [0.2, 0.25) is 0 Å². The fourth-order valence-corrected chi connectivity index (χ4v) is 4.48.